The second-order valence-electron chi connectivity index (χ2n) is 0.611. The van der Waals surface area contributed by atoms with Crippen LogP contribution in [0.1, 0.15) is 6.92 Å². The molecule has 0 rings (SSSR count). The van der Waals surface area contributed by atoms with Crippen LogP contribution in [0.15, 0.2) is 0 Å². The van der Waals surface area contributed by atoms with Gasteiger partial charge in [0, 0.05) is 0 Å². The Morgan fingerprint density at radius 3 is 1.80 bits per heavy atom. The summed E-state index contributed by atoms with van der Waals surface area (Å²) in [5, 5.41) is 0. The van der Waals surface area contributed by atoms with Gasteiger partial charge in [-0.2, -0.15) is 9.90 Å². The predicted octanol–water partition coefficient (Wildman–Crippen LogP) is -0.0904. The molecular weight excluding hydrogens is 250 g/mol. The molecule has 0 heterocycles. The topological polar surface area (TPSA) is 0 Å². The van der Waals surface area contributed by atoms with E-state index >= 15 is 0 Å². The maximum absolute atomic E-state index is 5.06. The molecule has 0 aromatic heterocycles. The summed E-state index contributed by atoms with van der Waals surface area (Å²) in [6, 6.07) is 0. The van der Waals surface area contributed by atoms with E-state index in [0.717, 1.165) is 3.80 Å². The Morgan fingerprint density at radius 2 is 1.80 bits per heavy atom. The molecule has 0 aliphatic heterocycles. The van der Waals surface area contributed by atoms with Gasteiger partial charge in [0.25, 0.3) is 0 Å². The van der Waals surface area contributed by atoms with E-state index in [0.29, 0.717) is 0 Å². The SMILES string of the molecule is P.[B][C](C)=[W]. The molecule has 2 radical (unpaired) electrons. The van der Waals surface area contributed by atoms with Crippen molar-refractivity contribution in [1.82, 2.24) is 0 Å². The minimum absolute atomic E-state index is 0. The minimum atomic E-state index is 0. The third-order valence-electron chi connectivity index (χ3n) is 0. The molecule has 0 aromatic carbocycles. The summed E-state index contributed by atoms with van der Waals surface area (Å²) in [5.74, 6) is 0. The molecule has 0 spiro atoms. The normalized spacial score (nSPS) is 5.00. The summed E-state index contributed by atoms with van der Waals surface area (Å²) in [4.78, 5) is 0. The van der Waals surface area contributed by atoms with Crippen LogP contribution in [-0.2, 0) is 19.4 Å². The summed E-state index contributed by atoms with van der Waals surface area (Å²) >= 11 is 1.37. The Kier molecular flexibility index (Phi) is 9.51. The molecule has 0 aromatic rings. The first-order chi connectivity index (χ1) is 1.73. The second-order valence-corrected chi connectivity index (χ2v) is 2.92. The van der Waals surface area contributed by atoms with Gasteiger partial charge in [-0.05, 0) is 0 Å². The van der Waals surface area contributed by atoms with Crippen LogP contribution in [0.3, 0.4) is 0 Å². The van der Waals surface area contributed by atoms with Crippen molar-refractivity contribution in [3.63, 3.8) is 0 Å². The van der Waals surface area contributed by atoms with Crippen LogP contribution < -0.4 is 0 Å². The number of hydrogen-bond donors (Lipinski definition) is 0. The average molecular weight is 256 g/mol. The van der Waals surface area contributed by atoms with Gasteiger partial charge in [-0.3, -0.25) is 0 Å². The molecule has 0 aliphatic carbocycles. The van der Waals surface area contributed by atoms with Gasteiger partial charge in [-0.1, -0.05) is 0 Å². The molecule has 1 unspecified atom stereocenters. The van der Waals surface area contributed by atoms with Crippen molar-refractivity contribution in [2.75, 3.05) is 0 Å². The quantitative estimate of drug-likeness (QED) is 0.419. The molecule has 0 saturated heterocycles. The standard InChI is InChI=1S/C2H3B.H3P.W/c1-2-3;;/h1H3;1H3;. The van der Waals surface area contributed by atoms with Gasteiger partial charge in [0.05, 0.1) is 0 Å². The van der Waals surface area contributed by atoms with Gasteiger partial charge >= 0.3 is 37.9 Å². The van der Waals surface area contributed by atoms with E-state index in [1.807, 2.05) is 6.92 Å². The summed E-state index contributed by atoms with van der Waals surface area (Å²) in [5.41, 5.74) is 0. The summed E-state index contributed by atoms with van der Waals surface area (Å²) < 4.78 is 1.00. The fourth-order valence-electron chi connectivity index (χ4n) is 0. The molecule has 0 bridgehead atoms. The molecule has 0 N–H and O–H groups in total. The second kappa shape index (κ2) is 5.05. The zero-order valence-corrected chi connectivity index (χ0v) is 7.54. The van der Waals surface area contributed by atoms with Gasteiger partial charge in [0.2, 0.25) is 0 Å². The average Bonchev–Trinajstić information content (AvgIpc) is 0.811. The van der Waals surface area contributed by atoms with Crippen LogP contribution in [0.4, 0.5) is 0 Å². The zero-order chi connectivity index (χ0) is 3.58. The molecule has 5 heavy (non-hydrogen) atoms. The van der Waals surface area contributed by atoms with Crippen molar-refractivity contribution in [3.8, 4) is 0 Å². The van der Waals surface area contributed by atoms with Gasteiger partial charge < -0.3 is 0 Å². The van der Waals surface area contributed by atoms with Crippen molar-refractivity contribution >= 4 is 21.5 Å². The fourth-order valence-corrected chi connectivity index (χ4v) is 0. The summed E-state index contributed by atoms with van der Waals surface area (Å²) in [7, 11) is 5.06. The van der Waals surface area contributed by atoms with Crippen molar-refractivity contribution in [3.05, 3.63) is 0 Å². The van der Waals surface area contributed by atoms with E-state index in [9.17, 15) is 0 Å². The van der Waals surface area contributed by atoms with E-state index in [1.165, 1.54) is 19.4 Å². The predicted molar refractivity (Wildman–Crippen MR) is 27.5 cm³/mol. The summed E-state index contributed by atoms with van der Waals surface area (Å²) in [6.07, 6.45) is 0. The van der Waals surface area contributed by atoms with Crippen molar-refractivity contribution < 1.29 is 19.4 Å². The van der Waals surface area contributed by atoms with E-state index in [4.69, 9.17) is 7.85 Å². The van der Waals surface area contributed by atoms with E-state index in [2.05, 4.69) is 0 Å². The van der Waals surface area contributed by atoms with E-state index in [1.54, 1.807) is 0 Å². The Labute approximate surface area is 48.2 Å². The summed E-state index contributed by atoms with van der Waals surface area (Å²) in [6.45, 7) is 1.90. The maximum atomic E-state index is 5.06. The van der Waals surface area contributed by atoms with Crippen LogP contribution >= 0.6 is 9.90 Å². The molecule has 3 heteroatoms. The first-order valence-corrected chi connectivity index (χ1v) is 2.46. The molecule has 0 nitrogen and oxygen atoms in total. The molecule has 0 amide bonds. The van der Waals surface area contributed by atoms with Crippen molar-refractivity contribution in [2.45, 2.75) is 6.92 Å². The zero-order valence-electron chi connectivity index (χ0n) is 3.19. The van der Waals surface area contributed by atoms with Gasteiger partial charge in [0.1, 0.15) is 0 Å². The first kappa shape index (κ1) is 9.41. The first-order valence-electron chi connectivity index (χ1n) is 0.993. The number of rotatable bonds is 0. The Bertz CT molecular complexity index is 32.6. The van der Waals surface area contributed by atoms with Crippen LogP contribution in [0, 0.1) is 0 Å². The number of hydrogen-bond acceptors (Lipinski definition) is 0. The van der Waals surface area contributed by atoms with Crippen LogP contribution in [0.25, 0.3) is 0 Å². The molecule has 0 saturated carbocycles. The van der Waals surface area contributed by atoms with Gasteiger partial charge in [-0.15, -0.1) is 0 Å². The molecule has 1 atom stereocenters. The van der Waals surface area contributed by atoms with Gasteiger partial charge in [0.15, 0.2) is 0 Å². The Morgan fingerprint density at radius 1 is 1.80 bits per heavy atom. The van der Waals surface area contributed by atoms with E-state index < -0.39 is 0 Å². The van der Waals surface area contributed by atoms with E-state index in [-0.39, 0.29) is 9.90 Å². The van der Waals surface area contributed by atoms with Crippen molar-refractivity contribution in [2.24, 2.45) is 0 Å². The fraction of sp³-hybridized carbons (Fsp3) is 0.500. The molecule has 0 aliphatic rings. The van der Waals surface area contributed by atoms with Crippen LogP contribution in [-0.4, -0.2) is 11.6 Å². The Balaban J connectivity index is 0. The van der Waals surface area contributed by atoms with Crippen molar-refractivity contribution in [1.29, 1.82) is 0 Å². The molecule has 28 valence electrons. The molecular formula is C2H6BPW. The van der Waals surface area contributed by atoms with Gasteiger partial charge in [-0.25, -0.2) is 0 Å². The monoisotopic (exact) mass is 256 g/mol. The van der Waals surface area contributed by atoms with Crippen LogP contribution in [0.5, 0.6) is 0 Å². The Hall–Kier alpha value is 1.05. The third kappa shape index (κ3) is 42.5. The molecule has 0 fully saturated rings. The third-order valence-corrected chi connectivity index (χ3v) is 0. The van der Waals surface area contributed by atoms with Crippen LogP contribution in [0.2, 0.25) is 0 Å².